The van der Waals surface area contributed by atoms with Crippen molar-refractivity contribution in [3.8, 4) is 21.1 Å². The van der Waals surface area contributed by atoms with Gasteiger partial charge >= 0.3 is 5.97 Å². The van der Waals surface area contributed by atoms with Gasteiger partial charge in [-0.15, -0.1) is 11.3 Å². The average molecular weight is 299 g/mol. The largest absolute Gasteiger partial charge is 0.476 e. The van der Waals surface area contributed by atoms with Crippen molar-refractivity contribution >= 4 is 17.3 Å². The molecule has 2 heterocycles. The fraction of sp³-hybridized carbons (Fsp3) is 0.133. The third-order valence-electron chi connectivity index (χ3n) is 3.14. The summed E-state index contributed by atoms with van der Waals surface area (Å²) in [6.45, 7) is 2.77. The number of thiazole rings is 1. The molecule has 0 aliphatic carbocycles. The van der Waals surface area contributed by atoms with Crippen LogP contribution in [0, 0.1) is 0 Å². The van der Waals surface area contributed by atoms with Gasteiger partial charge in [-0.2, -0.15) is 0 Å². The second kappa shape index (κ2) is 5.49. The van der Waals surface area contributed by atoms with Crippen LogP contribution in [0.15, 0.2) is 42.9 Å². The van der Waals surface area contributed by atoms with Crippen LogP contribution in [-0.4, -0.2) is 25.6 Å². The predicted molar refractivity (Wildman–Crippen MR) is 81.4 cm³/mol. The number of carboxylic acids is 1. The van der Waals surface area contributed by atoms with Crippen molar-refractivity contribution in [2.24, 2.45) is 0 Å². The highest BCUT2D eigenvalue weighted by Crippen LogP contribution is 2.35. The first-order chi connectivity index (χ1) is 10.2. The molecule has 0 bridgehead atoms. The van der Waals surface area contributed by atoms with E-state index < -0.39 is 5.97 Å². The monoisotopic (exact) mass is 299 g/mol. The van der Waals surface area contributed by atoms with Crippen molar-refractivity contribution < 1.29 is 9.90 Å². The minimum Gasteiger partial charge on any atom is -0.476 e. The van der Waals surface area contributed by atoms with Crippen LogP contribution in [0.2, 0.25) is 0 Å². The molecule has 0 spiro atoms. The highest BCUT2D eigenvalue weighted by Gasteiger charge is 2.20. The number of hydrogen-bond donors (Lipinski definition) is 1. The minimum atomic E-state index is -1.01. The molecule has 106 valence electrons. The zero-order valence-electron chi connectivity index (χ0n) is 11.4. The number of aromatic nitrogens is 3. The molecule has 2 aromatic heterocycles. The summed E-state index contributed by atoms with van der Waals surface area (Å²) in [7, 11) is 0. The first-order valence-corrected chi connectivity index (χ1v) is 7.32. The van der Waals surface area contributed by atoms with Gasteiger partial charge in [-0.1, -0.05) is 30.3 Å². The highest BCUT2D eigenvalue weighted by atomic mass is 32.1. The number of aromatic carboxylic acids is 1. The lowest BCUT2D eigenvalue weighted by atomic mass is 10.1. The molecule has 0 saturated carbocycles. The molecule has 0 aliphatic heterocycles. The van der Waals surface area contributed by atoms with Crippen molar-refractivity contribution in [1.82, 2.24) is 14.5 Å². The van der Waals surface area contributed by atoms with Gasteiger partial charge in [-0.25, -0.2) is 14.8 Å². The van der Waals surface area contributed by atoms with E-state index in [9.17, 15) is 9.90 Å². The molecule has 0 aliphatic rings. The Balaban J connectivity index is 2.16. The van der Waals surface area contributed by atoms with Gasteiger partial charge in [0.1, 0.15) is 5.01 Å². The van der Waals surface area contributed by atoms with Gasteiger partial charge in [0.2, 0.25) is 0 Å². The van der Waals surface area contributed by atoms with Crippen LogP contribution in [0.1, 0.15) is 17.4 Å². The number of carbonyl (C=O) groups is 1. The second-order valence-corrected chi connectivity index (χ2v) is 5.43. The van der Waals surface area contributed by atoms with Crippen molar-refractivity contribution in [3.63, 3.8) is 0 Å². The van der Waals surface area contributed by atoms with Gasteiger partial charge in [0, 0.05) is 6.54 Å². The summed E-state index contributed by atoms with van der Waals surface area (Å²) in [4.78, 5) is 20.5. The molecule has 0 saturated heterocycles. The Kier molecular flexibility index (Phi) is 3.53. The third-order valence-corrected chi connectivity index (χ3v) is 4.26. The van der Waals surface area contributed by atoms with E-state index in [1.165, 1.54) is 11.3 Å². The Hall–Kier alpha value is -2.47. The molecular weight excluding hydrogens is 286 g/mol. The topological polar surface area (TPSA) is 68.0 Å². The number of aryl methyl sites for hydroxylation is 1. The molecule has 0 amide bonds. The van der Waals surface area contributed by atoms with E-state index in [1.54, 1.807) is 12.5 Å². The number of nitrogens with zero attached hydrogens (tertiary/aromatic N) is 3. The maximum Gasteiger partial charge on any atom is 0.356 e. The Labute approximate surface area is 125 Å². The zero-order valence-corrected chi connectivity index (χ0v) is 12.2. The zero-order chi connectivity index (χ0) is 14.8. The number of hydrogen-bond acceptors (Lipinski definition) is 4. The summed E-state index contributed by atoms with van der Waals surface area (Å²) >= 11 is 1.38. The lowest BCUT2D eigenvalue weighted by molar-refractivity contribution is 0.0692. The highest BCUT2D eigenvalue weighted by molar-refractivity contribution is 7.18. The quantitative estimate of drug-likeness (QED) is 0.801. The molecule has 21 heavy (non-hydrogen) atoms. The Morgan fingerprint density at radius 3 is 2.76 bits per heavy atom. The summed E-state index contributed by atoms with van der Waals surface area (Å²) in [5, 5.41) is 10.1. The smallest absolute Gasteiger partial charge is 0.356 e. The number of rotatable bonds is 4. The van der Waals surface area contributed by atoms with E-state index >= 15 is 0 Å². The summed E-state index contributed by atoms with van der Waals surface area (Å²) < 4.78 is 1.94. The van der Waals surface area contributed by atoms with Crippen molar-refractivity contribution in [3.05, 3.63) is 48.5 Å². The average Bonchev–Trinajstić information content (AvgIpc) is 3.14. The number of imidazole rings is 1. The standard InChI is InChI=1S/C15H13N3O2S/c1-2-18-9-16-8-11(18)14-17-12(15(19)20)13(21-14)10-6-4-3-5-7-10/h3-9H,2H2,1H3,(H,19,20). The number of benzene rings is 1. The van der Waals surface area contributed by atoms with Crippen LogP contribution in [0.4, 0.5) is 0 Å². The Morgan fingerprint density at radius 1 is 1.33 bits per heavy atom. The molecule has 1 aromatic carbocycles. The van der Waals surface area contributed by atoms with E-state index in [0.29, 0.717) is 9.88 Å². The molecule has 5 nitrogen and oxygen atoms in total. The normalized spacial score (nSPS) is 10.7. The van der Waals surface area contributed by atoms with Gasteiger partial charge in [0.25, 0.3) is 0 Å². The van der Waals surface area contributed by atoms with Crippen LogP contribution >= 0.6 is 11.3 Å². The first kappa shape index (κ1) is 13.5. The van der Waals surface area contributed by atoms with Gasteiger partial charge in [-0.3, -0.25) is 0 Å². The predicted octanol–water partition coefficient (Wildman–Crippen LogP) is 3.39. The summed E-state index contributed by atoms with van der Waals surface area (Å²) in [6.07, 6.45) is 3.43. The Bertz CT molecular complexity index is 777. The molecule has 3 aromatic rings. The van der Waals surface area contributed by atoms with Crippen molar-refractivity contribution in [1.29, 1.82) is 0 Å². The van der Waals surface area contributed by atoms with Crippen LogP contribution in [0.3, 0.4) is 0 Å². The first-order valence-electron chi connectivity index (χ1n) is 6.50. The molecule has 1 N–H and O–H groups in total. The van der Waals surface area contributed by atoms with Crippen molar-refractivity contribution in [2.75, 3.05) is 0 Å². The van der Waals surface area contributed by atoms with Gasteiger partial charge < -0.3 is 9.67 Å². The van der Waals surface area contributed by atoms with E-state index in [4.69, 9.17) is 0 Å². The Morgan fingerprint density at radius 2 is 2.10 bits per heavy atom. The van der Waals surface area contributed by atoms with Gasteiger partial charge in [0.15, 0.2) is 5.69 Å². The van der Waals surface area contributed by atoms with Gasteiger partial charge in [0.05, 0.1) is 23.1 Å². The summed E-state index contributed by atoms with van der Waals surface area (Å²) in [5.41, 5.74) is 1.79. The minimum absolute atomic E-state index is 0.0880. The fourth-order valence-corrected chi connectivity index (χ4v) is 3.20. The maximum atomic E-state index is 11.5. The van der Waals surface area contributed by atoms with Crippen LogP contribution in [-0.2, 0) is 6.54 Å². The molecule has 0 atom stereocenters. The fourth-order valence-electron chi connectivity index (χ4n) is 2.11. The number of carboxylic acid groups (broad SMARTS) is 1. The lowest BCUT2D eigenvalue weighted by Crippen LogP contribution is -1.99. The van der Waals surface area contributed by atoms with E-state index in [1.807, 2.05) is 41.8 Å². The third kappa shape index (κ3) is 2.45. The summed E-state index contributed by atoms with van der Waals surface area (Å²) in [6, 6.07) is 9.45. The SMILES string of the molecule is CCn1cncc1-c1nc(C(=O)O)c(-c2ccccc2)s1. The molecular formula is C15H13N3O2S. The van der Waals surface area contributed by atoms with Crippen LogP contribution in [0.5, 0.6) is 0 Å². The molecule has 0 fully saturated rings. The van der Waals surface area contributed by atoms with Crippen LogP contribution < -0.4 is 0 Å². The van der Waals surface area contributed by atoms with Crippen LogP contribution in [0.25, 0.3) is 21.1 Å². The van der Waals surface area contributed by atoms with Gasteiger partial charge in [-0.05, 0) is 12.5 Å². The van der Waals surface area contributed by atoms with Crippen molar-refractivity contribution in [2.45, 2.75) is 13.5 Å². The molecule has 3 rings (SSSR count). The van der Waals surface area contributed by atoms with E-state index in [2.05, 4.69) is 9.97 Å². The second-order valence-electron chi connectivity index (χ2n) is 4.43. The lowest BCUT2D eigenvalue weighted by Gasteiger charge is -2.00. The van der Waals surface area contributed by atoms with E-state index in [-0.39, 0.29) is 5.69 Å². The molecule has 6 heteroatoms. The van der Waals surface area contributed by atoms with E-state index in [0.717, 1.165) is 17.8 Å². The summed E-state index contributed by atoms with van der Waals surface area (Å²) in [5.74, 6) is -1.01. The molecule has 0 radical (unpaired) electrons. The molecule has 0 unspecified atom stereocenters. The maximum absolute atomic E-state index is 11.5.